The van der Waals surface area contributed by atoms with Crippen LogP contribution in [0.5, 0.6) is 0 Å². The number of hydrogen-bond donors (Lipinski definition) is 1. The van der Waals surface area contributed by atoms with E-state index in [2.05, 4.69) is 25.6 Å². The molecule has 0 aromatic heterocycles. The lowest BCUT2D eigenvalue weighted by atomic mass is 9.95. The first-order chi connectivity index (χ1) is 9.49. The predicted molar refractivity (Wildman–Crippen MR) is 81.8 cm³/mol. The van der Waals surface area contributed by atoms with E-state index in [0.717, 1.165) is 22.3 Å². The van der Waals surface area contributed by atoms with Crippen LogP contribution in [0.25, 0.3) is 5.57 Å². The van der Waals surface area contributed by atoms with Crippen molar-refractivity contribution in [3.05, 3.63) is 77.4 Å². The maximum atomic E-state index is 11.0. The molecule has 2 aromatic rings. The third kappa shape index (κ3) is 2.97. The van der Waals surface area contributed by atoms with Gasteiger partial charge in [0, 0.05) is 0 Å². The highest BCUT2D eigenvalue weighted by Crippen LogP contribution is 2.24. The van der Waals surface area contributed by atoms with E-state index in [1.165, 1.54) is 5.56 Å². The quantitative estimate of drug-likeness (QED) is 0.898. The number of carbonyl (C=O) groups is 1. The smallest absolute Gasteiger partial charge is 0.310 e. The second-order valence-corrected chi connectivity index (χ2v) is 5.03. The second-order valence-electron chi connectivity index (χ2n) is 5.03. The first-order valence-electron chi connectivity index (χ1n) is 6.58. The highest BCUT2D eigenvalue weighted by atomic mass is 16.4. The molecule has 2 aromatic carbocycles. The predicted octanol–water partition coefficient (Wildman–Crippen LogP) is 4.24. The van der Waals surface area contributed by atoms with Crippen molar-refractivity contribution in [3.8, 4) is 0 Å². The van der Waals surface area contributed by atoms with Gasteiger partial charge in [-0.3, -0.25) is 4.79 Å². The summed E-state index contributed by atoms with van der Waals surface area (Å²) in [5, 5.41) is 9.00. The van der Waals surface area contributed by atoms with Crippen LogP contribution in [0.15, 0.2) is 55.1 Å². The zero-order valence-corrected chi connectivity index (χ0v) is 11.8. The van der Waals surface area contributed by atoms with Crippen molar-refractivity contribution >= 4 is 11.5 Å². The van der Waals surface area contributed by atoms with Crippen LogP contribution >= 0.6 is 0 Å². The maximum Gasteiger partial charge on any atom is 0.310 e. The lowest BCUT2D eigenvalue weighted by Gasteiger charge is -2.10. The third-order valence-corrected chi connectivity index (χ3v) is 3.53. The summed E-state index contributed by atoms with van der Waals surface area (Å²) >= 11 is 0. The largest absolute Gasteiger partial charge is 0.481 e. The minimum Gasteiger partial charge on any atom is -0.481 e. The van der Waals surface area contributed by atoms with Gasteiger partial charge < -0.3 is 5.11 Å². The van der Waals surface area contributed by atoms with Gasteiger partial charge in [-0.05, 0) is 36.1 Å². The number of rotatable bonds is 4. The molecule has 1 N–H and O–H groups in total. The summed E-state index contributed by atoms with van der Waals surface area (Å²) in [6.07, 6.45) is 0. The van der Waals surface area contributed by atoms with E-state index in [9.17, 15) is 4.79 Å². The zero-order chi connectivity index (χ0) is 14.7. The minimum atomic E-state index is -0.810. The van der Waals surface area contributed by atoms with Crippen molar-refractivity contribution in [2.75, 3.05) is 0 Å². The number of hydrogen-bond acceptors (Lipinski definition) is 1. The highest BCUT2D eigenvalue weighted by molar-refractivity contribution is 5.79. The van der Waals surface area contributed by atoms with Gasteiger partial charge in [-0.15, -0.1) is 0 Å². The Morgan fingerprint density at radius 2 is 1.45 bits per heavy atom. The number of aliphatic carboxylic acids is 1. The molecule has 1 unspecified atom stereocenters. The molecule has 0 spiro atoms. The summed E-state index contributed by atoms with van der Waals surface area (Å²) in [4.78, 5) is 11.0. The molecule has 20 heavy (non-hydrogen) atoms. The summed E-state index contributed by atoms with van der Waals surface area (Å²) in [7, 11) is 0. The second kappa shape index (κ2) is 5.74. The van der Waals surface area contributed by atoms with Crippen molar-refractivity contribution in [1.29, 1.82) is 0 Å². The molecule has 2 heteroatoms. The molecule has 1 atom stereocenters. The molecule has 0 aliphatic heterocycles. The van der Waals surface area contributed by atoms with Gasteiger partial charge in [0.1, 0.15) is 0 Å². The summed E-state index contributed by atoms with van der Waals surface area (Å²) < 4.78 is 0. The van der Waals surface area contributed by atoms with Crippen LogP contribution in [0.4, 0.5) is 0 Å². The number of aryl methyl sites for hydroxylation is 1. The van der Waals surface area contributed by atoms with Crippen molar-refractivity contribution in [2.45, 2.75) is 19.8 Å². The molecule has 0 bridgehead atoms. The molecule has 0 saturated heterocycles. The number of carboxylic acids is 1. The normalized spacial score (nSPS) is 11.9. The van der Waals surface area contributed by atoms with Gasteiger partial charge in [-0.1, -0.05) is 60.7 Å². The van der Waals surface area contributed by atoms with Gasteiger partial charge in [0.25, 0.3) is 0 Å². The van der Waals surface area contributed by atoms with Crippen LogP contribution in [-0.2, 0) is 4.79 Å². The van der Waals surface area contributed by atoms with Crippen LogP contribution < -0.4 is 0 Å². The van der Waals surface area contributed by atoms with Gasteiger partial charge in [0.05, 0.1) is 5.92 Å². The van der Waals surface area contributed by atoms with Crippen molar-refractivity contribution in [2.24, 2.45) is 0 Å². The van der Waals surface area contributed by atoms with E-state index >= 15 is 0 Å². The van der Waals surface area contributed by atoms with E-state index in [1.54, 1.807) is 6.92 Å². The van der Waals surface area contributed by atoms with Crippen LogP contribution in [0.2, 0.25) is 0 Å². The maximum absolute atomic E-state index is 11.0. The van der Waals surface area contributed by atoms with Crippen LogP contribution in [0, 0.1) is 6.92 Å². The van der Waals surface area contributed by atoms with Crippen molar-refractivity contribution in [1.82, 2.24) is 0 Å². The fourth-order valence-electron chi connectivity index (χ4n) is 2.04. The topological polar surface area (TPSA) is 37.3 Å². The average Bonchev–Trinajstić information content (AvgIpc) is 2.46. The lowest BCUT2D eigenvalue weighted by Crippen LogP contribution is -2.07. The SMILES string of the molecule is C=C(c1ccc(C)cc1)c1ccc(C(C)C(=O)O)cc1. The summed E-state index contributed by atoms with van der Waals surface area (Å²) in [5.41, 5.74) is 5.05. The monoisotopic (exact) mass is 266 g/mol. The molecule has 0 amide bonds. The van der Waals surface area contributed by atoms with E-state index < -0.39 is 11.9 Å². The van der Waals surface area contributed by atoms with Crippen molar-refractivity contribution < 1.29 is 9.90 Å². The third-order valence-electron chi connectivity index (χ3n) is 3.53. The van der Waals surface area contributed by atoms with E-state index in [-0.39, 0.29) is 0 Å². The fraction of sp³-hybridized carbons (Fsp3) is 0.167. The molecular formula is C18H18O2. The zero-order valence-electron chi connectivity index (χ0n) is 11.8. The van der Waals surface area contributed by atoms with Gasteiger partial charge in [-0.2, -0.15) is 0 Å². The van der Waals surface area contributed by atoms with Crippen LogP contribution in [0.3, 0.4) is 0 Å². The molecule has 0 radical (unpaired) electrons. The summed E-state index contributed by atoms with van der Waals surface area (Å²) in [5.74, 6) is -1.30. The van der Waals surface area contributed by atoms with Crippen molar-refractivity contribution in [3.63, 3.8) is 0 Å². The number of benzene rings is 2. The minimum absolute atomic E-state index is 0.489. The average molecular weight is 266 g/mol. The van der Waals surface area contributed by atoms with Gasteiger partial charge >= 0.3 is 5.97 Å². The lowest BCUT2D eigenvalue weighted by molar-refractivity contribution is -0.138. The first-order valence-corrected chi connectivity index (χ1v) is 6.58. The summed E-state index contributed by atoms with van der Waals surface area (Å²) in [6.45, 7) is 7.86. The molecular weight excluding hydrogens is 248 g/mol. The van der Waals surface area contributed by atoms with Gasteiger partial charge in [0.15, 0.2) is 0 Å². The molecule has 0 heterocycles. The molecule has 0 aliphatic rings. The van der Waals surface area contributed by atoms with E-state index in [0.29, 0.717) is 0 Å². The van der Waals surface area contributed by atoms with Gasteiger partial charge in [-0.25, -0.2) is 0 Å². The molecule has 0 saturated carbocycles. The van der Waals surface area contributed by atoms with E-state index in [1.807, 2.05) is 36.4 Å². The molecule has 102 valence electrons. The Hall–Kier alpha value is -2.35. The molecule has 2 nitrogen and oxygen atoms in total. The van der Waals surface area contributed by atoms with Crippen LogP contribution in [-0.4, -0.2) is 11.1 Å². The van der Waals surface area contributed by atoms with Crippen LogP contribution in [0.1, 0.15) is 35.1 Å². The Kier molecular flexibility index (Phi) is 4.04. The molecule has 0 aliphatic carbocycles. The highest BCUT2D eigenvalue weighted by Gasteiger charge is 2.13. The molecule has 2 rings (SSSR count). The van der Waals surface area contributed by atoms with E-state index in [4.69, 9.17) is 5.11 Å². The Labute approximate surface area is 119 Å². The Morgan fingerprint density at radius 3 is 1.90 bits per heavy atom. The number of carboxylic acid groups (broad SMARTS) is 1. The Bertz CT molecular complexity index is 621. The summed E-state index contributed by atoms with van der Waals surface area (Å²) in [6, 6.07) is 15.8. The Balaban J connectivity index is 2.23. The molecule has 0 fully saturated rings. The first kappa shape index (κ1) is 14.1. The fourth-order valence-corrected chi connectivity index (χ4v) is 2.04. The van der Waals surface area contributed by atoms with Gasteiger partial charge in [0.2, 0.25) is 0 Å². The Morgan fingerprint density at radius 1 is 1.00 bits per heavy atom. The standard InChI is InChI=1S/C18H18O2/c1-12-4-6-15(7-5-12)13(2)16-8-10-17(11-9-16)14(3)18(19)20/h4-11,14H,2H2,1,3H3,(H,19,20).